The van der Waals surface area contributed by atoms with Gasteiger partial charge in [0.15, 0.2) is 0 Å². The monoisotopic (exact) mass is 365 g/mol. The second kappa shape index (κ2) is 5.40. The van der Waals surface area contributed by atoms with Crippen LogP contribution in [0.15, 0.2) is 24.5 Å². The summed E-state index contributed by atoms with van der Waals surface area (Å²) in [6, 6.07) is 5.94. The van der Waals surface area contributed by atoms with Gasteiger partial charge >= 0.3 is 0 Å². The van der Waals surface area contributed by atoms with E-state index in [0.29, 0.717) is 16.7 Å². The molecule has 0 radical (unpaired) electrons. The zero-order valence-corrected chi connectivity index (χ0v) is 16.3. The number of aromatic nitrogens is 4. The number of aryl methyl sites for hydroxylation is 1. The third-order valence-electron chi connectivity index (χ3n) is 7.19. The van der Waals surface area contributed by atoms with Crippen LogP contribution in [-0.2, 0) is 4.79 Å². The second-order valence-electron chi connectivity index (χ2n) is 10.1. The van der Waals surface area contributed by atoms with E-state index >= 15 is 0 Å². The van der Waals surface area contributed by atoms with Crippen molar-refractivity contribution in [3.05, 3.63) is 30.1 Å². The molecule has 6 rings (SSSR count). The Balaban J connectivity index is 1.45. The number of amides is 1. The lowest BCUT2D eigenvalue weighted by Crippen LogP contribution is -2.58. The molecule has 1 amide bonds. The zero-order valence-electron chi connectivity index (χ0n) is 16.3. The zero-order chi connectivity index (χ0) is 18.9. The smallest absolute Gasteiger partial charge is 0.230 e. The van der Waals surface area contributed by atoms with Crippen molar-refractivity contribution in [2.45, 2.75) is 59.3 Å². The molecule has 2 unspecified atom stereocenters. The van der Waals surface area contributed by atoms with Crippen LogP contribution in [0, 0.1) is 29.1 Å². The fraction of sp³-hybridized carbons (Fsp3) is 0.619. The summed E-state index contributed by atoms with van der Waals surface area (Å²) in [4.78, 5) is 13.5. The Bertz CT molecular complexity index is 887. The van der Waals surface area contributed by atoms with E-state index in [0.717, 1.165) is 36.2 Å². The van der Waals surface area contributed by atoms with Crippen LogP contribution in [0.1, 0.15) is 57.9 Å². The van der Waals surface area contributed by atoms with Crippen molar-refractivity contribution in [3.8, 4) is 5.69 Å². The molecule has 4 bridgehead atoms. The van der Waals surface area contributed by atoms with E-state index < -0.39 is 0 Å². The maximum Gasteiger partial charge on any atom is 0.230 e. The van der Waals surface area contributed by atoms with Crippen LogP contribution in [0.25, 0.3) is 5.69 Å². The van der Waals surface area contributed by atoms with E-state index in [9.17, 15) is 4.79 Å². The van der Waals surface area contributed by atoms with Crippen molar-refractivity contribution in [2.75, 3.05) is 5.32 Å². The first-order chi connectivity index (χ1) is 12.8. The van der Waals surface area contributed by atoms with Gasteiger partial charge in [-0.3, -0.25) is 4.79 Å². The molecule has 4 aliphatic carbocycles. The molecule has 0 spiro atoms. The molecule has 4 fully saturated rings. The van der Waals surface area contributed by atoms with Gasteiger partial charge in [-0.15, -0.1) is 5.10 Å². The lowest BCUT2D eigenvalue weighted by Gasteiger charge is -2.64. The molecule has 0 aliphatic heterocycles. The lowest BCUT2D eigenvalue weighted by atomic mass is 9.40. The minimum absolute atomic E-state index is 0.208. The molecular weight excluding hydrogens is 338 g/mol. The number of tetrazole rings is 1. The largest absolute Gasteiger partial charge is 0.325 e. The molecular formula is C21H27N5O. The van der Waals surface area contributed by atoms with E-state index in [1.165, 1.54) is 19.3 Å². The Morgan fingerprint density at radius 1 is 1.15 bits per heavy atom. The standard InChI is InChI=1S/C21H27N5O/c1-14-4-5-16(26-13-22-24-25-26)6-17(14)23-18(27)21-9-15-7-19(2,11-21)10-20(3,8-15)12-21/h4-6,13,15H,7-12H2,1-3H3,(H,23,27). The topological polar surface area (TPSA) is 72.7 Å². The molecule has 6 nitrogen and oxygen atoms in total. The Kier molecular flexibility index (Phi) is 3.38. The van der Waals surface area contributed by atoms with Crippen LogP contribution in [0.4, 0.5) is 5.69 Å². The van der Waals surface area contributed by atoms with Gasteiger partial charge in [-0.2, -0.15) is 0 Å². The van der Waals surface area contributed by atoms with Crippen LogP contribution in [0.3, 0.4) is 0 Å². The maximum absolute atomic E-state index is 13.5. The summed E-state index contributed by atoms with van der Waals surface area (Å²) in [5.41, 5.74) is 3.22. The second-order valence-corrected chi connectivity index (χ2v) is 10.1. The number of hydrogen-bond donors (Lipinski definition) is 1. The van der Waals surface area contributed by atoms with Gasteiger partial charge in [0.25, 0.3) is 0 Å². The van der Waals surface area contributed by atoms with Gasteiger partial charge in [-0.25, -0.2) is 4.68 Å². The van der Waals surface area contributed by atoms with Gasteiger partial charge in [0.05, 0.1) is 11.1 Å². The van der Waals surface area contributed by atoms with E-state index in [-0.39, 0.29) is 11.3 Å². The number of benzene rings is 1. The molecule has 2 aromatic rings. The molecule has 1 aromatic carbocycles. The van der Waals surface area contributed by atoms with Crippen molar-refractivity contribution in [1.29, 1.82) is 0 Å². The first-order valence-corrected chi connectivity index (χ1v) is 9.94. The number of hydrogen-bond acceptors (Lipinski definition) is 4. The molecule has 4 saturated carbocycles. The Morgan fingerprint density at radius 3 is 2.52 bits per heavy atom. The summed E-state index contributed by atoms with van der Waals surface area (Å²) >= 11 is 0. The number of rotatable bonds is 3. The van der Waals surface area contributed by atoms with Gasteiger partial charge < -0.3 is 5.32 Å². The highest BCUT2D eigenvalue weighted by molar-refractivity contribution is 5.96. The summed E-state index contributed by atoms with van der Waals surface area (Å²) in [5, 5.41) is 14.6. The number of anilines is 1. The Labute approximate surface area is 159 Å². The van der Waals surface area contributed by atoms with Crippen molar-refractivity contribution in [3.63, 3.8) is 0 Å². The lowest BCUT2D eigenvalue weighted by molar-refractivity contribution is -0.165. The predicted molar refractivity (Wildman–Crippen MR) is 102 cm³/mol. The quantitative estimate of drug-likeness (QED) is 0.895. The summed E-state index contributed by atoms with van der Waals surface area (Å²) in [6.07, 6.45) is 8.55. The molecule has 27 heavy (non-hydrogen) atoms. The molecule has 1 N–H and O–H groups in total. The normalized spacial score (nSPS) is 36.8. The van der Waals surface area contributed by atoms with E-state index in [4.69, 9.17) is 0 Å². The maximum atomic E-state index is 13.5. The number of carbonyl (C=O) groups excluding carboxylic acids is 1. The van der Waals surface area contributed by atoms with Crippen LogP contribution >= 0.6 is 0 Å². The minimum Gasteiger partial charge on any atom is -0.325 e. The third-order valence-corrected chi connectivity index (χ3v) is 7.19. The summed E-state index contributed by atoms with van der Waals surface area (Å²) in [7, 11) is 0. The molecule has 142 valence electrons. The molecule has 1 heterocycles. The molecule has 1 aromatic heterocycles. The number of nitrogens with zero attached hydrogens (tertiary/aromatic N) is 4. The molecule has 4 aliphatic rings. The van der Waals surface area contributed by atoms with E-state index in [2.05, 4.69) is 34.7 Å². The van der Waals surface area contributed by atoms with Crippen LogP contribution in [-0.4, -0.2) is 26.1 Å². The Morgan fingerprint density at radius 2 is 1.89 bits per heavy atom. The summed E-state index contributed by atoms with van der Waals surface area (Å²) in [6.45, 7) is 6.84. The van der Waals surface area contributed by atoms with Gasteiger partial charge in [-0.1, -0.05) is 19.9 Å². The summed E-state index contributed by atoms with van der Waals surface area (Å²) < 4.78 is 1.61. The van der Waals surface area contributed by atoms with Crippen molar-refractivity contribution in [2.24, 2.45) is 22.2 Å². The first-order valence-electron chi connectivity index (χ1n) is 9.94. The minimum atomic E-state index is -0.208. The van der Waals surface area contributed by atoms with Crippen LogP contribution < -0.4 is 5.32 Å². The molecule has 2 atom stereocenters. The number of nitrogens with one attached hydrogen (secondary N) is 1. The third kappa shape index (κ3) is 2.68. The molecule has 0 saturated heterocycles. The highest BCUT2D eigenvalue weighted by Crippen LogP contribution is 2.69. The number of carbonyl (C=O) groups is 1. The van der Waals surface area contributed by atoms with Crippen LogP contribution in [0.5, 0.6) is 0 Å². The highest BCUT2D eigenvalue weighted by Gasteiger charge is 2.62. The highest BCUT2D eigenvalue weighted by atomic mass is 16.2. The predicted octanol–water partition coefficient (Wildman–Crippen LogP) is 3.91. The van der Waals surface area contributed by atoms with E-state index in [1.54, 1.807) is 11.0 Å². The van der Waals surface area contributed by atoms with Crippen molar-refractivity contribution < 1.29 is 4.79 Å². The van der Waals surface area contributed by atoms with Gasteiger partial charge in [0, 0.05) is 5.69 Å². The fourth-order valence-corrected chi connectivity index (χ4v) is 7.12. The first kappa shape index (κ1) is 16.9. The van der Waals surface area contributed by atoms with Crippen LogP contribution in [0.2, 0.25) is 0 Å². The Hall–Kier alpha value is -2.24. The van der Waals surface area contributed by atoms with Gasteiger partial charge in [-0.05, 0) is 90.3 Å². The molecule has 6 heteroatoms. The van der Waals surface area contributed by atoms with Gasteiger partial charge in [0.2, 0.25) is 5.91 Å². The average molecular weight is 365 g/mol. The van der Waals surface area contributed by atoms with Crippen molar-refractivity contribution >= 4 is 11.6 Å². The van der Waals surface area contributed by atoms with Crippen molar-refractivity contribution in [1.82, 2.24) is 20.2 Å². The SMILES string of the molecule is Cc1ccc(-n2cnnn2)cc1NC(=O)C12CC3CC(C)(CC(C)(C3)C1)C2. The van der Waals surface area contributed by atoms with Gasteiger partial charge in [0.1, 0.15) is 6.33 Å². The fourth-order valence-electron chi connectivity index (χ4n) is 7.12. The van der Waals surface area contributed by atoms with E-state index in [1.807, 2.05) is 25.1 Å². The summed E-state index contributed by atoms with van der Waals surface area (Å²) in [5.74, 6) is 0.914. The average Bonchev–Trinajstić information content (AvgIpc) is 3.08.